The van der Waals surface area contributed by atoms with Crippen molar-refractivity contribution in [2.24, 2.45) is 0 Å². The molecule has 0 aromatic heterocycles. The Morgan fingerprint density at radius 3 is 2.42 bits per heavy atom. The SMILES string of the molecule is C=C(C)CN(CC)C(=O)C(C)Br. The van der Waals surface area contributed by atoms with Crippen molar-refractivity contribution in [3.05, 3.63) is 12.2 Å². The zero-order chi connectivity index (χ0) is 9.72. The van der Waals surface area contributed by atoms with Crippen molar-refractivity contribution < 1.29 is 4.79 Å². The van der Waals surface area contributed by atoms with Gasteiger partial charge in [0.2, 0.25) is 5.91 Å². The lowest BCUT2D eigenvalue weighted by Crippen LogP contribution is -2.36. The van der Waals surface area contributed by atoms with E-state index in [0.29, 0.717) is 6.54 Å². The summed E-state index contributed by atoms with van der Waals surface area (Å²) in [7, 11) is 0. The molecule has 0 radical (unpaired) electrons. The van der Waals surface area contributed by atoms with Gasteiger partial charge in [0.25, 0.3) is 0 Å². The van der Waals surface area contributed by atoms with E-state index in [0.717, 1.165) is 12.1 Å². The van der Waals surface area contributed by atoms with E-state index in [2.05, 4.69) is 22.5 Å². The number of hydrogen-bond donors (Lipinski definition) is 0. The number of rotatable bonds is 4. The van der Waals surface area contributed by atoms with Gasteiger partial charge in [0, 0.05) is 13.1 Å². The highest BCUT2D eigenvalue weighted by molar-refractivity contribution is 9.10. The molecule has 1 unspecified atom stereocenters. The maximum atomic E-state index is 11.4. The molecule has 0 aliphatic rings. The largest absolute Gasteiger partial charge is 0.338 e. The molecule has 0 aromatic carbocycles. The van der Waals surface area contributed by atoms with Crippen molar-refractivity contribution in [2.45, 2.75) is 25.6 Å². The summed E-state index contributed by atoms with van der Waals surface area (Å²) in [5.74, 6) is 0.125. The molecule has 0 aliphatic heterocycles. The van der Waals surface area contributed by atoms with Crippen LogP contribution in [0.15, 0.2) is 12.2 Å². The summed E-state index contributed by atoms with van der Waals surface area (Å²) in [6.07, 6.45) is 0. The van der Waals surface area contributed by atoms with Crippen LogP contribution >= 0.6 is 15.9 Å². The molecule has 1 atom stereocenters. The second-order valence-corrected chi connectivity index (χ2v) is 4.30. The third-order valence-corrected chi connectivity index (χ3v) is 1.89. The van der Waals surface area contributed by atoms with Crippen LogP contribution in [0, 0.1) is 0 Å². The van der Waals surface area contributed by atoms with Crippen LogP contribution in [0.25, 0.3) is 0 Å². The number of likely N-dealkylation sites (N-methyl/N-ethyl adjacent to an activating group) is 1. The summed E-state index contributed by atoms with van der Waals surface area (Å²) in [5.41, 5.74) is 1.01. The van der Waals surface area contributed by atoms with Crippen LogP contribution in [0.2, 0.25) is 0 Å². The van der Waals surface area contributed by atoms with E-state index in [1.807, 2.05) is 20.8 Å². The van der Waals surface area contributed by atoms with Gasteiger partial charge < -0.3 is 4.90 Å². The predicted octanol–water partition coefficient (Wildman–Crippen LogP) is 2.19. The summed E-state index contributed by atoms with van der Waals surface area (Å²) in [6.45, 7) is 10.9. The fourth-order valence-electron chi connectivity index (χ4n) is 0.923. The molecule has 1 amide bonds. The quantitative estimate of drug-likeness (QED) is 0.539. The summed E-state index contributed by atoms with van der Waals surface area (Å²) < 4.78 is 0. The first-order valence-electron chi connectivity index (χ1n) is 4.06. The van der Waals surface area contributed by atoms with Crippen molar-refractivity contribution in [1.29, 1.82) is 0 Å². The van der Waals surface area contributed by atoms with Crippen molar-refractivity contribution in [2.75, 3.05) is 13.1 Å². The van der Waals surface area contributed by atoms with Gasteiger partial charge in [-0.2, -0.15) is 0 Å². The molecule has 0 fully saturated rings. The minimum atomic E-state index is -0.100. The topological polar surface area (TPSA) is 20.3 Å². The fraction of sp³-hybridized carbons (Fsp3) is 0.667. The van der Waals surface area contributed by atoms with E-state index in [4.69, 9.17) is 0 Å². The van der Waals surface area contributed by atoms with Gasteiger partial charge in [-0.1, -0.05) is 28.1 Å². The normalized spacial score (nSPS) is 12.3. The smallest absolute Gasteiger partial charge is 0.236 e. The van der Waals surface area contributed by atoms with Crippen LogP contribution in [0.1, 0.15) is 20.8 Å². The zero-order valence-corrected chi connectivity index (χ0v) is 9.52. The van der Waals surface area contributed by atoms with Gasteiger partial charge in [0.1, 0.15) is 0 Å². The number of alkyl halides is 1. The van der Waals surface area contributed by atoms with Gasteiger partial charge in [-0.25, -0.2) is 0 Å². The minimum absolute atomic E-state index is 0.100. The molecule has 0 spiro atoms. The molecule has 70 valence electrons. The molecule has 0 saturated heterocycles. The Kier molecular flexibility index (Phi) is 5.22. The lowest BCUT2D eigenvalue weighted by Gasteiger charge is -2.22. The van der Waals surface area contributed by atoms with E-state index in [9.17, 15) is 4.79 Å². The van der Waals surface area contributed by atoms with Gasteiger partial charge in [-0.3, -0.25) is 4.79 Å². The highest BCUT2D eigenvalue weighted by atomic mass is 79.9. The average Bonchev–Trinajstić information content (AvgIpc) is 1.98. The van der Waals surface area contributed by atoms with Crippen LogP contribution in [0.5, 0.6) is 0 Å². The molecule has 3 heteroatoms. The summed E-state index contributed by atoms with van der Waals surface area (Å²) in [6, 6.07) is 0. The van der Waals surface area contributed by atoms with E-state index >= 15 is 0 Å². The lowest BCUT2D eigenvalue weighted by molar-refractivity contribution is -0.129. The van der Waals surface area contributed by atoms with E-state index in [1.165, 1.54) is 0 Å². The van der Waals surface area contributed by atoms with Crippen LogP contribution in [-0.2, 0) is 4.79 Å². The molecule has 0 saturated carbocycles. The third kappa shape index (κ3) is 3.90. The van der Waals surface area contributed by atoms with Crippen molar-refractivity contribution >= 4 is 21.8 Å². The molecule has 0 bridgehead atoms. The molecule has 12 heavy (non-hydrogen) atoms. The minimum Gasteiger partial charge on any atom is -0.338 e. The third-order valence-electron chi connectivity index (χ3n) is 1.49. The Hall–Kier alpha value is -0.310. The number of nitrogens with zero attached hydrogens (tertiary/aromatic N) is 1. The van der Waals surface area contributed by atoms with Crippen molar-refractivity contribution in [1.82, 2.24) is 4.90 Å². The molecule has 0 rings (SSSR count). The van der Waals surface area contributed by atoms with E-state index < -0.39 is 0 Å². The first-order chi connectivity index (χ1) is 5.49. The van der Waals surface area contributed by atoms with Crippen molar-refractivity contribution in [3.8, 4) is 0 Å². The Labute approximate surface area is 82.8 Å². The molecule has 0 heterocycles. The van der Waals surface area contributed by atoms with Gasteiger partial charge in [-0.05, 0) is 20.8 Å². The Balaban J connectivity index is 4.15. The van der Waals surface area contributed by atoms with Gasteiger partial charge in [-0.15, -0.1) is 0 Å². The molecular formula is C9H16BrNO. The first-order valence-corrected chi connectivity index (χ1v) is 4.97. The van der Waals surface area contributed by atoms with E-state index in [-0.39, 0.29) is 10.7 Å². The van der Waals surface area contributed by atoms with Crippen LogP contribution < -0.4 is 0 Å². The summed E-state index contributed by atoms with van der Waals surface area (Å²) in [4.78, 5) is 13.1. The van der Waals surface area contributed by atoms with Crippen molar-refractivity contribution in [3.63, 3.8) is 0 Å². The molecule has 0 aromatic rings. The fourth-order valence-corrected chi connectivity index (χ4v) is 1.21. The van der Waals surface area contributed by atoms with Gasteiger partial charge in [0.05, 0.1) is 4.83 Å². The molecule has 0 N–H and O–H groups in total. The second-order valence-electron chi connectivity index (χ2n) is 2.93. The highest BCUT2D eigenvalue weighted by Crippen LogP contribution is 2.05. The number of halogens is 1. The standard InChI is InChI=1S/C9H16BrNO/c1-5-11(6-7(2)3)9(12)8(4)10/h8H,2,5-6H2,1,3-4H3. The van der Waals surface area contributed by atoms with Crippen LogP contribution in [-0.4, -0.2) is 28.7 Å². The predicted molar refractivity (Wildman–Crippen MR) is 55.5 cm³/mol. The van der Waals surface area contributed by atoms with Gasteiger partial charge >= 0.3 is 0 Å². The second kappa shape index (κ2) is 5.36. The Morgan fingerprint density at radius 2 is 2.17 bits per heavy atom. The lowest BCUT2D eigenvalue weighted by atomic mass is 10.3. The molecule has 2 nitrogen and oxygen atoms in total. The number of carbonyl (C=O) groups excluding carboxylic acids is 1. The maximum Gasteiger partial charge on any atom is 0.236 e. The van der Waals surface area contributed by atoms with E-state index in [1.54, 1.807) is 4.90 Å². The maximum absolute atomic E-state index is 11.4. The summed E-state index contributed by atoms with van der Waals surface area (Å²) >= 11 is 3.25. The monoisotopic (exact) mass is 233 g/mol. The molecular weight excluding hydrogens is 218 g/mol. The Morgan fingerprint density at radius 1 is 1.67 bits per heavy atom. The number of hydrogen-bond acceptors (Lipinski definition) is 1. The van der Waals surface area contributed by atoms with Crippen LogP contribution in [0.3, 0.4) is 0 Å². The summed E-state index contributed by atoms with van der Waals surface area (Å²) in [5, 5.41) is 0. The first kappa shape index (κ1) is 11.7. The van der Waals surface area contributed by atoms with Crippen LogP contribution in [0.4, 0.5) is 0 Å². The molecule has 0 aliphatic carbocycles. The number of carbonyl (C=O) groups is 1. The number of amides is 1. The zero-order valence-electron chi connectivity index (χ0n) is 7.93. The van der Waals surface area contributed by atoms with Gasteiger partial charge in [0.15, 0.2) is 0 Å². The Bertz CT molecular complexity index is 177. The highest BCUT2D eigenvalue weighted by Gasteiger charge is 2.15. The average molecular weight is 234 g/mol.